The van der Waals surface area contributed by atoms with Crippen molar-refractivity contribution in [2.24, 2.45) is 5.92 Å². The molecule has 1 aromatic rings. The monoisotopic (exact) mass is 334 g/mol. The third-order valence-electron chi connectivity index (χ3n) is 3.96. The van der Waals surface area contributed by atoms with Crippen LogP contribution < -0.4 is 4.74 Å². The van der Waals surface area contributed by atoms with Crippen LogP contribution in [-0.2, 0) is 0 Å². The van der Waals surface area contributed by atoms with Crippen LogP contribution in [0, 0.1) is 5.92 Å². The highest BCUT2D eigenvalue weighted by Gasteiger charge is 2.25. The van der Waals surface area contributed by atoms with Crippen molar-refractivity contribution in [1.82, 2.24) is 0 Å². The SMILES string of the molecule is CCOc1cc(Cl)c(C(Cl)C2CCCCCC2)cc1Cl. The first-order valence-corrected chi connectivity index (χ1v) is 8.58. The molecule has 1 aliphatic rings. The van der Waals surface area contributed by atoms with Gasteiger partial charge in [-0.3, -0.25) is 0 Å². The van der Waals surface area contributed by atoms with Crippen LogP contribution in [-0.4, -0.2) is 6.61 Å². The summed E-state index contributed by atoms with van der Waals surface area (Å²) in [6.07, 6.45) is 7.51. The second-order valence-corrected chi connectivity index (χ2v) is 6.68. The van der Waals surface area contributed by atoms with Crippen molar-refractivity contribution in [1.29, 1.82) is 0 Å². The summed E-state index contributed by atoms with van der Waals surface area (Å²) in [4.78, 5) is 0. The van der Waals surface area contributed by atoms with Gasteiger partial charge >= 0.3 is 0 Å². The smallest absolute Gasteiger partial charge is 0.139 e. The van der Waals surface area contributed by atoms with E-state index in [2.05, 4.69) is 0 Å². The fraction of sp³-hybridized carbons (Fsp3) is 0.625. The Kier molecular flexibility index (Phi) is 6.32. The van der Waals surface area contributed by atoms with Crippen LogP contribution in [0.5, 0.6) is 5.75 Å². The Morgan fingerprint density at radius 2 is 1.75 bits per heavy atom. The Morgan fingerprint density at radius 3 is 2.35 bits per heavy atom. The summed E-state index contributed by atoms with van der Waals surface area (Å²) in [7, 11) is 0. The number of ether oxygens (including phenoxy) is 1. The van der Waals surface area contributed by atoms with E-state index in [0.29, 0.717) is 28.3 Å². The van der Waals surface area contributed by atoms with Crippen LogP contribution >= 0.6 is 34.8 Å². The standard InChI is InChI=1S/C16H21Cl3O/c1-2-20-15-10-13(17)12(9-14(15)18)16(19)11-7-5-3-4-6-8-11/h9-11,16H,2-8H2,1H3. The number of halogens is 3. The second-order valence-electron chi connectivity index (χ2n) is 5.39. The van der Waals surface area contributed by atoms with Gasteiger partial charge in [0.15, 0.2) is 0 Å². The van der Waals surface area contributed by atoms with Gasteiger partial charge in [-0.25, -0.2) is 0 Å². The summed E-state index contributed by atoms with van der Waals surface area (Å²) >= 11 is 19.3. The molecule has 0 radical (unpaired) electrons. The predicted octanol–water partition coefficient (Wildman–Crippen LogP) is 6.64. The summed E-state index contributed by atoms with van der Waals surface area (Å²) in [6, 6.07) is 3.66. The minimum absolute atomic E-state index is 0.0613. The van der Waals surface area contributed by atoms with E-state index in [1.54, 1.807) is 6.07 Å². The Morgan fingerprint density at radius 1 is 1.10 bits per heavy atom. The van der Waals surface area contributed by atoms with E-state index >= 15 is 0 Å². The molecule has 0 bridgehead atoms. The lowest BCUT2D eigenvalue weighted by molar-refractivity contribution is 0.340. The lowest BCUT2D eigenvalue weighted by atomic mass is 9.92. The zero-order valence-electron chi connectivity index (χ0n) is 11.8. The maximum atomic E-state index is 6.68. The average Bonchev–Trinajstić information content (AvgIpc) is 2.71. The van der Waals surface area contributed by atoms with Gasteiger partial charge in [0.1, 0.15) is 5.75 Å². The van der Waals surface area contributed by atoms with Crippen molar-refractivity contribution in [3.8, 4) is 5.75 Å². The third-order valence-corrected chi connectivity index (χ3v) is 5.18. The molecule has 1 nitrogen and oxygen atoms in total. The molecule has 0 saturated heterocycles. The van der Waals surface area contributed by atoms with Gasteiger partial charge in [0, 0.05) is 11.1 Å². The highest BCUT2D eigenvalue weighted by molar-refractivity contribution is 6.35. The molecular weight excluding hydrogens is 315 g/mol. The van der Waals surface area contributed by atoms with E-state index in [-0.39, 0.29) is 5.38 Å². The van der Waals surface area contributed by atoms with E-state index < -0.39 is 0 Å². The molecule has 1 atom stereocenters. The molecule has 0 aliphatic heterocycles. The van der Waals surface area contributed by atoms with Crippen LogP contribution in [0.2, 0.25) is 10.0 Å². The lowest BCUT2D eigenvalue weighted by Crippen LogP contribution is -2.08. The highest BCUT2D eigenvalue weighted by Crippen LogP contribution is 2.43. The van der Waals surface area contributed by atoms with Crippen LogP contribution in [0.3, 0.4) is 0 Å². The van der Waals surface area contributed by atoms with Crippen molar-refractivity contribution < 1.29 is 4.74 Å². The number of hydrogen-bond acceptors (Lipinski definition) is 1. The van der Waals surface area contributed by atoms with Gasteiger partial charge in [0.05, 0.1) is 17.0 Å². The third kappa shape index (κ3) is 3.96. The summed E-state index contributed by atoms with van der Waals surface area (Å²) in [5, 5.41) is 1.18. The zero-order valence-corrected chi connectivity index (χ0v) is 14.1. The lowest BCUT2D eigenvalue weighted by Gasteiger charge is -2.22. The molecule has 4 heteroatoms. The molecule has 1 fully saturated rings. The molecule has 0 aromatic heterocycles. The summed E-state index contributed by atoms with van der Waals surface area (Å²) in [5.41, 5.74) is 0.939. The number of alkyl halides is 1. The fourth-order valence-corrected chi connectivity index (χ4v) is 3.87. The molecule has 0 N–H and O–H groups in total. The van der Waals surface area contributed by atoms with Crippen molar-refractivity contribution in [2.75, 3.05) is 6.61 Å². The van der Waals surface area contributed by atoms with E-state index in [4.69, 9.17) is 39.5 Å². The highest BCUT2D eigenvalue weighted by atomic mass is 35.5. The van der Waals surface area contributed by atoms with Gasteiger partial charge in [0.25, 0.3) is 0 Å². The molecule has 2 rings (SSSR count). The molecule has 1 aliphatic carbocycles. The summed E-state index contributed by atoms with van der Waals surface area (Å²) < 4.78 is 5.46. The molecule has 20 heavy (non-hydrogen) atoms. The maximum absolute atomic E-state index is 6.68. The van der Waals surface area contributed by atoms with E-state index in [0.717, 1.165) is 5.56 Å². The van der Waals surface area contributed by atoms with Crippen LogP contribution in [0.25, 0.3) is 0 Å². The number of hydrogen-bond donors (Lipinski definition) is 0. The second kappa shape index (κ2) is 7.77. The average molecular weight is 336 g/mol. The van der Waals surface area contributed by atoms with Crippen molar-refractivity contribution in [2.45, 2.75) is 50.8 Å². The van der Waals surface area contributed by atoms with Crippen LogP contribution in [0.4, 0.5) is 0 Å². The first kappa shape index (κ1) is 16.3. The van der Waals surface area contributed by atoms with Crippen LogP contribution in [0.1, 0.15) is 56.4 Å². The molecule has 112 valence electrons. The van der Waals surface area contributed by atoms with Gasteiger partial charge in [0.2, 0.25) is 0 Å². The molecule has 1 aromatic carbocycles. The first-order valence-electron chi connectivity index (χ1n) is 7.39. The molecule has 1 saturated carbocycles. The first-order chi connectivity index (χ1) is 9.63. The molecule has 0 amide bonds. The molecule has 1 unspecified atom stereocenters. The predicted molar refractivity (Wildman–Crippen MR) is 87.4 cm³/mol. The molecule has 0 heterocycles. The fourth-order valence-electron chi connectivity index (χ4n) is 2.88. The van der Waals surface area contributed by atoms with Gasteiger partial charge in [-0.15, -0.1) is 11.6 Å². The van der Waals surface area contributed by atoms with Gasteiger partial charge in [-0.2, -0.15) is 0 Å². The Balaban J connectivity index is 2.20. The number of rotatable bonds is 4. The van der Waals surface area contributed by atoms with E-state index in [9.17, 15) is 0 Å². The topological polar surface area (TPSA) is 9.23 Å². The largest absolute Gasteiger partial charge is 0.492 e. The minimum Gasteiger partial charge on any atom is -0.492 e. The van der Waals surface area contributed by atoms with Crippen LogP contribution in [0.15, 0.2) is 12.1 Å². The Labute approximate surface area is 136 Å². The van der Waals surface area contributed by atoms with E-state index in [1.165, 1.54) is 38.5 Å². The van der Waals surface area contributed by atoms with Crippen molar-refractivity contribution in [3.63, 3.8) is 0 Å². The van der Waals surface area contributed by atoms with Gasteiger partial charge in [-0.1, -0.05) is 48.9 Å². The Hall–Kier alpha value is -0.110. The van der Waals surface area contributed by atoms with Crippen molar-refractivity contribution >= 4 is 34.8 Å². The quantitative estimate of drug-likeness (QED) is 0.442. The molecule has 0 spiro atoms. The minimum atomic E-state index is -0.0613. The zero-order chi connectivity index (χ0) is 14.5. The molecular formula is C16H21Cl3O. The van der Waals surface area contributed by atoms with Crippen molar-refractivity contribution in [3.05, 3.63) is 27.7 Å². The van der Waals surface area contributed by atoms with E-state index in [1.807, 2.05) is 13.0 Å². The Bertz CT molecular complexity index is 440. The van der Waals surface area contributed by atoms with Gasteiger partial charge in [-0.05, 0) is 37.3 Å². The maximum Gasteiger partial charge on any atom is 0.139 e. The summed E-state index contributed by atoms with van der Waals surface area (Å²) in [6.45, 7) is 2.50. The summed E-state index contributed by atoms with van der Waals surface area (Å²) in [5.74, 6) is 1.12. The normalized spacial score (nSPS) is 18.6. The van der Waals surface area contributed by atoms with Gasteiger partial charge < -0.3 is 4.74 Å². The number of benzene rings is 1.